The molecule has 0 bridgehead atoms. The van der Waals surface area contributed by atoms with Gasteiger partial charge in [-0.15, -0.1) is 6.58 Å². The number of amides is 1. The van der Waals surface area contributed by atoms with E-state index in [0.29, 0.717) is 17.8 Å². The Morgan fingerprint density at radius 3 is 2.50 bits per heavy atom. The maximum atomic E-state index is 12.6. The molecule has 0 saturated carbocycles. The van der Waals surface area contributed by atoms with E-state index >= 15 is 0 Å². The highest BCUT2D eigenvalue weighted by Crippen LogP contribution is 2.25. The molecule has 2 aromatic heterocycles. The fourth-order valence-corrected chi connectivity index (χ4v) is 2.96. The first-order valence-electron chi connectivity index (χ1n) is 8.41. The Labute approximate surface area is 151 Å². The van der Waals surface area contributed by atoms with Crippen LogP contribution in [0.5, 0.6) is 0 Å². The monoisotopic (exact) mass is 339 g/mol. The standard InChI is InChI=1S/C22H17N3O/c1-2-13-23-22(26)17-14-21(25-19-10-6-4-8-16(17)19)20-12-11-15-7-3-5-9-18(15)24-20/h2-12,14H,1,13H2,(H,23,26). The van der Waals surface area contributed by atoms with Crippen molar-refractivity contribution in [3.8, 4) is 11.4 Å². The minimum absolute atomic E-state index is 0.148. The molecule has 0 aliphatic carbocycles. The van der Waals surface area contributed by atoms with Crippen molar-refractivity contribution < 1.29 is 4.79 Å². The fraction of sp³-hybridized carbons (Fsp3) is 0.0455. The smallest absolute Gasteiger partial charge is 0.252 e. The number of carbonyl (C=O) groups is 1. The number of nitrogens with one attached hydrogen (secondary N) is 1. The average molecular weight is 339 g/mol. The molecule has 126 valence electrons. The molecule has 4 heteroatoms. The van der Waals surface area contributed by atoms with E-state index in [1.54, 1.807) is 12.1 Å². The molecule has 0 aliphatic rings. The number of pyridine rings is 2. The van der Waals surface area contributed by atoms with Gasteiger partial charge in [-0.05, 0) is 24.3 Å². The number of nitrogens with zero attached hydrogens (tertiary/aromatic N) is 2. The molecule has 0 atom stereocenters. The van der Waals surface area contributed by atoms with E-state index in [9.17, 15) is 4.79 Å². The molecule has 0 spiro atoms. The number of benzene rings is 2. The summed E-state index contributed by atoms with van der Waals surface area (Å²) in [5, 5.41) is 4.73. The zero-order valence-electron chi connectivity index (χ0n) is 14.1. The highest BCUT2D eigenvalue weighted by molar-refractivity contribution is 6.07. The van der Waals surface area contributed by atoms with Gasteiger partial charge in [-0.25, -0.2) is 9.97 Å². The summed E-state index contributed by atoms with van der Waals surface area (Å²) in [6.07, 6.45) is 1.66. The molecule has 4 aromatic rings. The second-order valence-electron chi connectivity index (χ2n) is 5.96. The fourth-order valence-electron chi connectivity index (χ4n) is 2.96. The number of hydrogen-bond donors (Lipinski definition) is 1. The molecular weight excluding hydrogens is 322 g/mol. The van der Waals surface area contributed by atoms with Crippen LogP contribution in [0, 0.1) is 0 Å². The summed E-state index contributed by atoms with van der Waals surface area (Å²) >= 11 is 0. The van der Waals surface area contributed by atoms with Gasteiger partial charge in [0.25, 0.3) is 5.91 Å². The lowest BCUT2D eigenvalue weighted by atomic mass is 10.0. The third kappa shape index (κ3) is 2.93. The van der Waals surface area contributed by atoms with Crippen LogP contribution in [0.4, 0.5) is 0 Å². The Kier molecular flexibility index (Phi) is 4.15. The Balaban J connectivity index is 1.89. The molecule has 2 aromatic carbocycles. The zero-order valence-corrected chi connectivity index (χ0v) is 14.1. The average Bonchev–Trinajstić information content (AvgIpc) is 2.70. The van der Waals surface area contributed by atoms with Crippen LogP contribution in [0.2, 0.25) is 0 Å². The quantitative estimate of drug-likeness (QED) is 0.562. The van der Waals surface area contributed by atoms with Crippen molar-refractivity contribution in [2.75, 3.05) is 6.54 Å². The summed E-state index contributed by atoms with van der Waals surface area (Å²) in [6, 6.07) is 21.3. The molecule has 0 radical (unpaired) electrons. The third-order valence-electron chi connectivity index (χ3n) is 4.23. The van der Waals surface area contributed by atoms with Gasteiger partial charge >= 0.3 is 0 Å². The number of rotatable bonds is 4. The van der Waals surface area contributed by atoms with Gasteiger partial charge in [0.1, 0.15) is 0 Å². The first kappa shape index (κ1) is 16.0. The van der Waals surface area contributed by atoms with E-state index < -0.39 is 0 Å². The van der Waals surface area contributed by atoms with Crippen LogP contribution in [-0.4, -0.2) is 22.4 Å². The third-order valence-corrected chi connectivity index (χ3v) is 4.23. The highest BCUT2D eigenvalue weighted by Gasteiger charge is 2.14. The second-order valence-corrected chi connectivity index (χ2v) is 5.96. The molecular formula is C22H17N3O. The Morgan fingerprint density at radius 1 is 0.923 bits per heavy atom. The number of fused-ring (bicyclic) bond motifs is 2. The van der Waals surface area contributed by atoms with Crippen molar-refractivity contribution in [3.63, 3.8) is 0 Å². The van der Waals surface area contributed by atoms with Crippen LogP contribution in [0.25, 0.3) is 33.2 Å². The van der Waals surface area contributed by atoms with Gasteiger partial charge < -0.3 is 5.32 Å². The molecule has 1 amide bonds. The summed E-state index contributed by atoms with van der Waals surface area (Å²) in [7, 11) is 0. The second kappa shape index (κ2) is 6.76. The normalized spacial score (nSPS) is 10.8. The highest BCUT2D eigenvalue weighted by atomic mass is 16.1. The minimum atomic E-state index is -0.148. The molecule has 0 saturated heterocycles. The van der Waals surface area contributed by atoms with Crippen molar-refractivity contribution in [1.29, 1.82) is 0 Å². The van der Waals surface area contributed by atoms with Crippen LogP contribution < -0.4 is 5.32 Å². The number of para-hydroxylation sites is 2. The molecule has 0 aliphatic heterocycles. The van der Waals surface area contributed by atoms with Crippen LogP contribution in [0.3, 0.4) is 0 Å². The van der Waals surface area contributed by atoms with E-state index in [1.165, 1.54) is 0 Å². The molecule has 0 fully saturated rings. The maximum Gasteiger partial charge on any atom is 0.252 e. The topological polar surface area (TPSA) is 54.9 Å². The lowest BCUT2D eigenvalue weighted by Gasteiger charge is -2.10. The van der Waals surface area contributed by atoms with Crippen molar-refractivity contribution in [1.82, 2.24) is 15.3 Å². The first-order valence-corrected chi connectivity index (χ1v) is 8.41. The Bertz CT molecular complexity index is 1130. The van der Waals surface area contributed by atoms with E-state index in [-0.39, 0.29) is 5.91 Å². The SMILES string of the molecule is C=CCNC(=O)c1cc(-c2ccc3ccccc3n2)nc2ccccc12. The Morgan fingerprint density at radius 2 is 1.65 bits per heavy atom. The van der Waals surface area contributed by atoms with Gasteiger partial charge in [-0.1, -0.05) is 48.5 Å². The number of carbonyl (C=O) groups excluding carboxylic acids is 1. The summed E-state index contributed by atoms with van der Waals surface area (Å²) in [6.45, 7) is 4.06. The van der Waals surface area contributed by atoms with Gasteiger partial charge in [0, 0.05) is 17.3 Å². The van der Waals surface area contributed by atoms with Crippen LogP contribution in [0.1, 0.15) is 10.4 Å². The van der Waals surface area contributed by atoms with Crippen LogP contribution in [0.15, 0.2) is 79.4 Å². The Hall–Kier alpha value is -3.53. The van der Waals surface area contributed by atoms with E-state index in [2.05, 4.69) is 11.9 Å². The van der Waals surface area contributed by atoms with Crippen molar-refractivity contribution >= 4 is 27.7 Å². The molecule has 1 N–H and O–H groups in total. The summed E-state index contributed by atoms with van der Waals surface area (Å²) in [5.74, 6) is -0.148. The van der Waals surface area contributed by atoms with Gasteiger partial charge in [0.2, 0.25) is 0 Å². The predicted molar refractivity (Wildman–Crippen MR) is 105 cm³/mol. The lowest BCUT2D eigenvalue weighted by molar-refractivity contribution is 0.0959. The molecule has 0 unspecified atom stereocenters. The van der Waals surface area contributed by atoms with E-state index in [1.807, 2.05) is 60.7 Å². The van der Waals surface area contributed by atoms with Gasteiger partial charge in [-0.3, -0.25) is 4.79 Å². The molecule has 2 heterocycles. The molecule has 26 heavy (non-hydrogen) atoms. The van der Waals surface area contributed by atoms with E-state index in [0.717, 1.165) is 27.5 Å². The van der Waals surface area contributed by atoms with Crippen molar-refractivity contribution in [3.05, 3.63) is 84.9 Å². The summed E-state index contributed by atoms with van der Waals surface area (Å²) in [5.41, 5.74) is 3.68. The number of aromatic nitrogens is 2. The van der Waals surface area contributed by atoms with Crippen molar-refractivity contribution in [2.45, 2.75) is 0 Å². The summed E-state index contributed by atoms with van der Waals surface area (Å²) in [4.78, 5) is 22.0. The van der Waals surface area contributed by atoms with Crippen LogP contribution in [-0.2, 0) is 0 Å². The largest absolute Gasteiger partial charge is 0.349 e. The van der Waals surface area contributed by atoms with Crippen LogP contribution >= 0.6 is 0 Å². The van der Waals surface area contributed by atoms with Gasteiger partial charge in [0.05, 0.1) is 28.0 Å². The summed E-state index contributed by atoms with van der Waals surface area (Å²) < 4.78 is 0. The lowest BCUT2D eigenvalue weighted by Crippen LogP contribution is -2.23. The molecule has 4 nitrogen and oxygen atoms in total. The van der Waals surface area contributed by atoms with E-state index in [4.69, 9.17) is 9.97 Å². The predicted octanol–water partition coefficient (Wildman–Crippen LogP) is 4.37. The first-order chi connectivity index (χ1) is 12.8. The minimum Gasteiger partial charge on any atom is -0.349 e. The van der Waals surface area contributed by atoms with Gasteiger partial charge in [0.15, 0.2) is 0 Å². The molecule has 4 rings (SSSR count). The zero-order chi connectivity index (χ0) is 17.9. The van der Waals surface area contributed by atoms with Crippen molar-refractivity contribution in [2.24, 2.45) is 0 Å². The van der Waals surface area contributed by atoms with Gasteiger partial charge in [-0.2, -0.15) is 0 Å². The maximum absolute atomic E-state index is 12.6. The number of hydrogen-bond acceptors (Lipinski definition) is 3.